The molecule has 2 aromatic carbocycles. The molecule has 1 amide bonds. The van der Waals surface area contributed by atoms with E-state index in [0.29, 0.717) is 18.9 Å². The Balaban J connectivity index is 2.11. The molecule has 2 rings (SSSR count). The lowest BCUT2D eigenvalue weighted by Gasteiger charge is -2.26. The lowest BCUT2D eigenvalue weighted by atomic mass is 10.0. The van der Waals surface area contributed by atoms with Gasteiger partial charge < -0.3 is 10.2 Å². The average molecular weight is 335 g/mol. The third kappa shape index (κ3) is 5.09. The zero-order chi connectivity index (χ0) is 18.2. The van der Waals surface area contributed by atoms with E-state index < -0.39 is 0 Å². The van der Waals surface area contributed by atoms with Gasteiger partial charge in [0.15, 0.2) is 0 Å². The maximum Gasteiger partial charge on any atom is 0.249 e. The third-order valence-electron chi connectivity index (χ3n) is 4.11. The summed E-state index contributed by atoms with van der Waals surface area (Å²) in [5.41, 5.74) is 2.99. The Kier molecular flexibility index (Phi) is 6.59. The number of nitriles is 1. The molecular weight excluding hydrogens is 310 g/mol. The molecule has 0 radical (unpaired) electrons. The first-order chi connectivity index (χ1) is 12.0. The van der Waals surface area contributed by atoms with Gasteiger partial charge in [-0.05, 0) is 42.7 Å². The lowest BCUT2D eigenvalue weighted by Crippen LogP contribution is -2.42. The zero-order valence-electron chi connectivity index (χ0n) is 15.1. The maximum absolute atomic E-state index is 12.9. The highest BCUT2D eigenvalue weighted by atomic mass is 16.2. The van der Waals surface area contributed by atoms with Crippen molar-refractivity contribution in [3.05, 3.63) is 60.2 Å². The molecule has 0 aliphatic carbocycles. The number of carbonyl (C=O) groups is 1. The van der Waals surface area contributed by atoms with Crippen molar-refractivity contribution in [1.82, 2.24) is 0 Å². The van der Waals surface area contributed by atoms with Crippen molar-refractivity contribution < 1.29 is 4.79 Å². The molecule has 25 heavy (non-hydrogen) atoms. The Morgan fingerprint density at radius 3 is 2.28 bits per heavy atom. The summed E-state index contributed by atoms with van der Waals surface area (Å²) in [6, 6.07) is 19.4. The van der Waals surface area contributed by atoms with E-state index in [1.54, 1.807) is 4.90 Å². The molecular formula is C21H25N3O. The minimum atomic E-state index is -0.385. The van der Waals surface area contributed by atoms with Crippen LogP contribution in [0.1, 0.15) is 38.7 Å². The Morgan fingerprint density at radius 1 is 1.08 bits per heavy atom. The first-order valence-electron chi connectivity index (χ1n) is 8.62. The topological polar surface area (TPSA) is 56.1 Å². The average Bonchev–Trinajstić information content (AvgIpc) is 2.63. The van der Waals surface area contributed by atoms with Crippen molar-refractivity contribution in [3.63, 3.8) is 0 Å². The minimum absolute atomic E-state index is 0.0469. The van der Waals surface area contributed by atoms with Crippen LogP contribution in [0.25, 0.3) is 0 Å². The van der Waals surface area contributed by atoms with Gasteiger partial charge in [0.05, 0.1) is 12.5 Å². The van der Waals surface area contributed by atoms with Gasteiger partial charge in [-0.25, -0.2) is 0 Å². The van der Waals surface area contributed by atoms with Crippen LogP contribution in [0.2, 0.25) is 0 Å². The smallest absolute Gasteiger partial charge is 0.249 e. The predicted octanol–water partition coefficient (Wildman–Crippen LogP) is 4.56. The van der Waals surface area contributed by atoms with Gasteiger partial charge in [0, 0.05) is 17.9 Å². The minimum Gasteiger partial charge on any atom is -0.374 e. The number of amides is 1. The standard InChI is InChI=1S/C21H25N3O/c1-16(2)18-10-12-19(13-11-18)23-17(3)21(25)24(15-7-14-22)20-8-5-4-6-9-20/h4-6,8-13,16-17,23H,7,15H2,1-3H3. The summed E-state index contributed by atoms with van der Waals surface area (Å²) >= 11 is 0. The van der Waals surface area contributed by atoms with Crippen LogP contribution < -0.4 is 10.2 Å². The molecule has 4 nitrogen and oxygen atoms in total. The lowest BCUT2D eigenvalue weighted by molar-refractivity contribution is -0.119. The van der Waals surface area contributed by atoms with Crippen LogP contribution in [-0.4, -0.2) is 18.5 Å². The van der Waals surface area contributed by atoms with Gasteiger partial charge in [-0.2, -0.15) is 5.26 Å². The molecule has 0 bridgehead atoms. The second kappa shape index (κ2) is 8.89. The van der Waals surface area contributed by atoms with Crippen LogP contribution in [0.3, 0.4) is 0 Å². The van der Waals surface area contributed by atoms with Crippen LogP contribution in [0.5, 0.6) is 0 Å². The first kappa shape index (κ1) is 18.5. The monoisotopic (exact) mass is 335 g/mol. The van der Waals surface area contributed by atoms with Crippen LogP contribution in [0.4, 0.5) is 11.4 Å². The number of carbonyl (C=O) groups excluding carboxylic acids is 1. The van der Waals surface area contributed by atoms with Crippen LogP contribution in [0, 0.1) is 11.3 Å². The van der Waals surface area contributed by atoms with Crippen molar-refractivity contribution in [2.75, 3.05) is 16.8 Å². The SMILES string of the molecule is CC(Nc1ccc(C(C)C)cc1)C(=O)N(CCC#N)c1ccccc1. The number of nitrogens with one attached hydrogen (secondary N) is 1. The molecule has 1 unspecified atom stereocenters. The van der Waals surface area contributed by atoms with E-state index in [4.69, 9.17) is 5.26 Å². The number of hydrogen-bond donors (Lipinski definition) is 1. The highest BCUT2D eigenvalue weighted by molar-refractivity contribution is 5.98. The number of hydrogen-bond acceptors (Lipinski definition) is 3. The van der Waals surface area contributed by atoms with Gasteiger partial charge in [-0.15, -0.1) is 0 Å². The number of para-hydroxylation sites is 1. The number of benzene rings is 2. The van der Waals surface area contributed by atoms with E-state index in [9.17, 15) is 4.79 Å². The summed E-state index contributed by atoms with van der Waals surface area (Å²) in [6.07, 6.45) is 0.302. The number of rotatable bonds is 7. The quantitative estimate of drug-likeness (QED) is 0.807. The van der Waals surface area contributed by atoms with Gasteiger partial charge in [0.1, 0.15) is 6.04 Å². The van der Waals surface area contributed by atoms with E-state index in [0.717, 1.165) is 11.4 Å². The fraction of sp³-hybridized carbons (Fsp3) is 0.333. The van der Waals surface area contributed by atoms with Crippen molar-refractivity contribution in [2.24, 2.45) is 0 Å². The molecule has 1 atom stereocenters. The van der Waals surface area contributed by atoms with Crippen molar-refractivity contribution >= 4 is 17.3 Å². The number of anilines is 2. The summed E-state index contributed by atoms with van der Waals surface area (Å²) in [5.74, 6) is 0.432. The predicted molar refractivity (Wildman–Crippen MR) is 103 cm³/mol. The largest absolute Gasteiger partial charge is 0.374 e. The fourth-order valence-electron chi connectivity index (χ4n) is 2.65. The Hall–Kier alpha value is -2.80. The second-order valence-electron chi connectivity index (χ2n) is 6.38. The molecule has 0 aliphatic heterocycles. The molecule has 0 saturated carbocycles. The van der Waals surface area contributed by atoms with Crippen LogP contribution in [0.15, 0.2) is 54.6 Å². The molecule has 1 N–H and O–H groups in total. The summed E-state index contributed by atoms with van der Waals surface area (Å²) < 4.78 is 0. The molecule has 130 valence electrons. The molecule has 0 fully saturated rings. The van der Waals surface area contributed by atoms with E-state index in [2.05, 4.69) is 37.4 Å². The Morgan fingerprint density at radius 2 is 1.72 bits per heavy atom. The van der Waals surface area contributed by atoms with Crippen molar-refractivity contribution in [3.8, 4) is 6.07 Å². The Bertz CT molecular complexity index is 717. The van der Waals surface area contributed by atoms with Gasteiger partial charge in [0.25, 0.3) is 0 Å². The van der Waals surface area contributed by atoms with Crippen molar-refractivity contribution in [1.29, 1.82) is 5.26 Å². The molecule has 0 heterocycles. The van der Waals surface area contributed by atoms with Crippen molar-refractivity contribution in [2.45, 2.75) is 39.2 Å². The third-order valence-corrected chi connectivity index (χ3v) is 4.11. The van der Waals surface area contributed by atoms with Gasteiger partial charge in [0.2, 0.25) is 5.91 Å². The summed E-state index contributed by atoms with van der Waals surface area (Å²) in [4.78, 5) is 14.6. The molecule has 2 aromatic rings. The van der Waals surface area contributed by atoms with E-state index in [1.165, 1.54) is 5.56 Å². The molecule has 4 heteroatoms. The zero-order valence-corrected chi connectivity index (χ0v) is 15.1. The first-order valence-corrected chi connectivity index (χ1v) is 8.62. The number of nitrogens with zero attached hydrogens (tertiary/aromatic N) is 2. The molecule has 0 spiro atoms. The summed E-state index contributed by atoms with van der Waals surface area (Å²) in [6.45, 7) is 6.54. The van der Waals surface area contributed by atoms with Crippen LogP contribution in [-0.2, 0) is 4.79 Å². The van der Waals surface area contributed by atoms with Gasteiger partial charge in [-0.3, -0.25) is 4.79 Å². The van der Waals surface area contributed by atoms with E-state index in [1.807, 2.05) is 49.4 Å². The second-order valence-corrected chi connectivity index (χ2v) is 6.38. The molecule has 0 saturated heterocycles. The van der Waals surface area contributed by atoms with Gasteiger partial charge >= 0.3 is 0 Å². The molecule has 0 aliphatic rings. The molecule has 0 aromatic heterocycles. The van der Waals surface area contributed by atoms with Gasteiger partial charge in [-0.1, -0.05) is 44.2 Å². The van der Waals surface area contributed by atoms with E-state index >= 15 is 0 Å². The Labute approximate surface area is 150 Å². The summed E-state index contributed by atoms with van der Waals surface area (Å²) in [7, 11) is 0. The highest BCUT2D eigenvalue weighted by Gasteiger charge is 2.21. The van der Waals surface area contributed by atoms with E-state index in [-0.39, 0.29) is 11.9 Å². The fourth-order valence-corrected chi connectivity index (χ4v) is 2.65. The van der Waals surface area contributed by atoms with Crippen LogP contribution >= 0.6 is 0 Å². The highest BCUT2D eigenvalue weighted by Crippen LogP contribution is 2.19. The summed E-state index contributed by atoms with van der Waals surface area (Å²) in [5, 5.41) is 12.1. The normalized spacial score (nSPS) is 11.6. The maximum atomic E-state index is 12.9.